The molecule has 0 radical (unpaired) electrons. The highest BCUT2D eigenvalue weighted by Crippen LogP contribution is 2.19. The summed E-state index contributed by atoms with van der Waals surface area (Å²) >= 11 is 0. The Kier molecular flexibility index (Phi) is 3.87. The largest absolute Gasteiger partial charge is 0.481 e. The first-order chi connectivity index (χ1) is 10.6. The number of pyridine rings is 1. The van der Waals surface area contributed by atoms with Gasteiger partial charge in [-0.3, -0.25) is 14.6 Å². The van der Waals surface area contributed by atoms with Gasteiger partial charge in [0.2, 0.25) is 5.91 Å². The Bertz CT molecular complexity index is 749. The Morgan fingerprint density at radius 1 is 1.27 bits per heavy atom. The molecule has 3 rings (SSSR count). The topological polar surface area (TPSA) is 70.5 Å². The van der Waals surface area contributed by atoms with Crippen molar-refractivity contribution in [1.82, 2.24) is 9.88 Å². The minimum atomic E-state index is -0.834. The zero-order chi connectivity index (χ0) is 15.5. The molecular weight excluding hydrogens is 280 g/mol. The minimum absolute atomic E-state index is 0.148. The van der Waals surface area contributed by atoms with Crippen molar-refractivity contribution in [2.75, 3.05) is 13.1 Å². The van der Waals surface area contributed by atoms with Crippen LogP contribution in [-0.2, 0) is 9.59 Å². The van der Waals surface area contributed by atoms with Gasteiger partial charge >= 0.3 is 5.97 Å². The van der Waals surface area contributed by atoms with Gasteiger partial charge in [-0.2, -0.15) is 0 Å². The van der Waals surface area contributed by atoms with Crippen molar-refractivity contribution in [3.05, 3.63) is 48.2 Å². The summed E-state index contributed by atoms with van der Waals surface area (Å²) in [4.78, 5) is 28.9. The summed E-state index contributed by atoms with van der Waals surface area (Å²) in [6, 6.07) is 9.59. The standard InChI is InChI=1S/C17H16N2O3/c20-16(19-10-8-13(11-19)17(21)22)6-5-12-7-9-18-15-4-2-1-3-14(12)15/h1-7,9,13H,8,10-11H2,(H,21,22). The molecule has 0 spiro atoms. The third-order valence-corrected chi connectivity index (χ3v) is 3.94. The number of rotatable bonds is 3. The molecule has 1 N–H and O–H groups in total. The molecule has 1 amide bonds. The third-order valence-electron chi connectivity index (χ3n) is 3.94. The number of benzene rings is 1. The van der Waals surface area contributed by atoms with E-state index < -0.39 is 11.9 Å². The van der Waals surface area contributed by atoms with E-state index in [-0.39, 0.29) is 12.5 Å². The van der Waals surface area contributed by atoms with Crippen LogP contribution in [0.4, 0.5) is 0 Å². The molecule has 22 heavy (non-hydrogen) atoms. The molecule has 1 aliphatic rings. The van der Waals surface area contributed by atoms with E-state index in [1.165, 1.54) is 6.08 Å². The molecule has 112 valence electrons. The molecule has 1 aromatic heterocycles. The Hall–Kier alpha value is -2.69. The summed E-state index contributed by atoms with van der Waals surface area (Å²) in [5, 5.41) is 9.96. The number of aliphatic carboxylic acids is 1. The smallest absolute Gasteiger partial charge is 0.308 e. The fourth-order valence-corrected chi connectivity index (χ4v) is 2.69. The van der Waals surface area contributed by atoms with Gasteiger partial charge in [0.1, 0.15) is 0 Å². The summed E-state index contributed by atoms with van der Waals surface area (Å²) in [6.07, 6.45) is 5.50. The Morgan fingerprint density at radius 3 is 2.86 bits per heavy atom. The van der Waals surface area contributed by atoms with Gasteiger partial charge in [-0.05, 0) is 30.2 Å². The average molecular weight is 296 g/mol. The van der Waals surface area contributed by atoms with Crippen LogP contribution in [-0.4, -0.2) is 40.0 Å². The molecule has 1 aliphatic heterocycles. The zero-order valence-electron chi connectivity index (χ0n) is 12.0. The molecular formula is C17H16N2O3. The van der Waals surface area contributed by atoms with Crippen molar-refractivity contribution in [2.45, 2.75) is 6.42 Å². The highest BCUT2D eigenvalue weighted by atomic mass is 16.4. The fraction of sp³-hybridized carbons (Fsp3) is 0.235. The second-order valence-corrected chi connectivity index (χ2v) is 5.36. The molecule has 1 saturated heterocycles. The van der Waals surface area contributed by atoms with Crippen molar-refractivity contribution < 1.29 is 14.7 Å². The van der Waals surface area contributed by atoms with Crippen LogP contribution in [0.3, 0.4) is 0 Å². The van der Waals surface area contributed by atoms with Crippen LogP contribution >= 0.6 is 0 Å². The van der Waals surface area contributed by atoms with Crippen molar-refractivity contribution >= 4 is 28.9 Å². The number of carboxylic acid groups (broad SMARTS) is 1. The maximum atomic E-state index is 12.2. The number of carboxylic acids is 1. The van der Waals surface area contributed by atoms with Gasteiger partial charge in [0, 0.05) is 30.7 Å². The van der Waals surface area contributed by atoms with Gasteiger partial charge in [0.15, 0.2) is 0 Å². The molecule has 5 nitrogen and oxygen atoms in total. The number of aromatic nitrogens is 1. The van der Waals surface area contributed by atoms with Gasteiger partial charge in [0.05, 0.1) is 11.4 Å². The highest BCUT2D eigenvalue weighted by Gasteiger charge is 2.29. The zero-order valence-corrected chi connectivity index (χ0v) is 12.0. The maximum Gasteiger partial charge on any atom is 0.308 e. The van der Waals surface area contributed by atoms with E-state index in [4.69, 9.17) is 5.11 Å². The SMILES string of the molecule is O=C(O)C1CCN(C(=O)C=Cc2ccnc3ccccc23)C1. The molecule has 1 aromatic carbocycles. The third kappa shape index (κ3) is 2.83. The average Bonchev–Trinajstić information content (AvgIpc) is 3.03. The van der Waals surface area contributed by atoms with E-state index in [0.29, 0.717) is 13.0 Å². The van der Waals surface area contributed by atoms with Crippen molar-refractivity contribution in [2.24, 2.45) is 5.92 Å². The molecule has 5 heteroatoms. The lowest BCUT2D eigenvalue weighted by atomic mass is 10.1. The number of fused-ring (bicyclic) bond motifs is 1. The lowest BCUT2D eigenvalue weighted by Gasteiger charge is -2.12. The Morgan fingerprint density at radius 2 is 2.09 bits per heavy atom. The summed E-state index contributed by atoms with van der Waals surface area (Å²) in [5.74, 6) is -1.43. The number of hydrogen-bond acceptors (Lipinski definition) is 3. The van der Waals surface area contributed by atoms with Gasteiger partial charge < -0.3 is 10.0 Å². The molecule has 1 atom stereocenters. The van der Waals surface area contributed by atoms with Crippen LogP contribution in [0.1, 0.15) is 12.0 Å². The Balaban J connectivity index is 1.76. The molecule has 1 unspecified atom stereocenters. The van der Waals surface area contributed by atoms with Gasteiger partial charge in [-0.15, -0.1) is 0 Å². The number of carbonyl (C=O) groups is 2. The van der Waals surface area contributed by atoms with Gasteiger partial charge in [-0.25, -0.2) is 0 Å². The number of para-hydroxylation sites is 1. The second-order valence-electron chi connectivity index (χ2n) is 5.36. The molecule has 0 aliphatic carbocycles. The molecule has 0 saturated carbocycles. The van der Waals surface area contributed by atoms with Crippen LogP contribution in [0, 0.1) is 5.92 Å². The lowest BCUT2D eigenvalue weighted by Crippen LogP contribution is -2.28. The van der Waals surface area contributed by atoms with Crippen LogP contribution in [0.15, 0.2) is 42.6 Å². The molecule has 2 aromatic rings. The first-order valence-electron chi connectivity index (χ1n) is 7.18. The number of hydrogen-bond donors (Lipinski definition) is 1. The van der Waals surface area contributed by atoms with Crippen LogP contribution in [0.25, 0.3) is 17.0 Å². The monoisotopic (exact) mass is 296 g/mol. The number of likely N-dealkylation sites (tertiary alicyclic amines) is 1. The van der Waals surface area contributed by atoms with Crippen molar-refractivity contribution in [3.8, 4) is 0 Å². The van der Waals surface area contributed by atoms with Crippen molar-refractivity contribution in [1.29, 1.82) is 0 Å². The quantitative estimate of drug-likeness (QED) is 0.881. The normalized spacial score (nSPS) is 18.2. The summed E-state index contributed by atoms with van der Waals surface area (Å²) < 4.78 is 0. The number of amides is 1. The van der Waals surface area contributed by atoms with Crippen molar-refractivity contribution in [3.63, 3.8) is 0 Å². The first-order valence-corrected chi connectivity index (χ1v) is 7.18. The van der Waals surface area contributed by atoms with E-state index in [1.54, 1.807) is 17.2 Å². The van der Waals surface area contributed by atoms with Gasteiger partial charge in [-0.1, -0.05) is 18.2 Å². The number of nitrogens with zero attached hydrogens (tertiary/aromatic N) is 2. The molecule has 0 bridgehead atoms. The Labute approximate surface area is 127 Å². The molecule has 1 fully saturated rings. The van der Waals surface area contributed by atoms with E-state index in [1.807, 2.05) is 30.3 Å². The fourth-order valence-electron chi connectivity index (χ4n) is 2.69. The van der Waals surface area contributed by atoms with E-state index >= 15 is 0 Å². The van der Waals surface area contributed by atoms with Crippen LogP contribution in [0.5, 0.6) is 0 Å². The van der Waals surface area contributed by atoms with E-state index in [9.17, 15) is 9.59 Å². The number of carbonyl (C=O) groups excluding carboxylic acids is 1. The second kappa shape index (κ2) is 5.97. The van der Waals surface area contributed by atoms with E-state index in [0.717, 1.165) is 16.5 Å². The summed E-state index contributed by atoms with van der Waals surface area (Å²) in [5.41, 5.74) is 1.80. The highest BCUT2D eigenvalue weighted by molar-refractivity contribution is 5.96. The first kappa shape index (κ1) is 14.3. The van der Waals surface area contributed by atoms with Crippen LogP contribution < -0.4 is 0 Å². The predicted molar refractivity (Wildman–Crippen MR) is 83.1 cm³/mol. The van der Waals surface area contributed by atoms with Crippen LogP contribution in [0.2, 0.25) is 0 Å². The lowest BCUT2D eigenvalue weighted by molar-refractivity contribution is -0.141. The maximum absolute atomic E-state index is 12.2. The summed E-state index contributed by atoms with van der Waals surface area (Å²) in [7, 11) is 0. The van der Waals surface area contributed by atoms with Gasteiger partial charge in [0.25, 0.3) is 0 Å². The molecule has 2 heterocycles. The van der Waals surface area contributed by atoms with E-state index in [2.05, 4.69) is 4.98 Å². The minimum Gasteiger partial charge on any atom is -0.481 e. The summed E-state index contributed by atoms with van der Waals surface area (Å²) in [6.45, 7) is 0.785. The predicted octanol–water partition coefficient (Wildman–Crippen LogP) is 2.18.